The Bertz CT molecular complexity index is 850. The number of carbonyl (C=O) groups is 1. The molecule has 6 nitrogen and oxygen atoms in total. The highest BCUT2D eigenvalue weighted by Gasteiger charge is 2.30. The van der Waals surface area contributed by atoms with E-state index in [0.717, 1.165) is 24.3 Å². The van der Waals surface area contributed by atoms with Crippen LogP contribution in [-0.4, -0.2) is 48.0 Å². The molecule has 0 saturated carbocycles. The largest absolute Gasteiger partial charge is 0.368 e. The average molecular weight is 401 g/mol. The van der Waals surface area contributed by atoms with Gasteiger partial charge in [0.2, 0.25) is 5.91 Å². The molecule has 148 valence electrons. The smallest absolute Gasteiger partial charge is 0.239 e. The molecule has 4 rings (SSSR count). The Labute approximate surface area is 170 Å². The van der Waals surface area contributed by atoms with Crippen LogP contribution in [0.1, 0.15) is 29.8 Å². The van der Waals surface area contributed by atoms with Gasteiger partial charge in [-0.25, -0.2) is 0 Å². The number of fused-ring (bicyclic) bond motifs is 1. The molecule has 0 bridgehead atoms. The van der Waals surface area contributed by atoms with Crippen molar-refractivity contribution in [2.45, 2.75) is 32.1 Å². The van der Waals surface area contributed by atoms with Crippen molar-refractivity contribution in [3.63, 3.8) is 0 Å². The average Bonchev–Trinajstić information content (AvgIpc) is 3.10. The highest BCUT2D eigenvalue weighted by Crippen LogP contribution is 2.36. The Morgan fingerprint density at radius 1 is 1.25 bits per heavy atom. The Morgan fingerprint density at radius 3 is 2.68 bits per heavy atom. The molecule has 0 radical (unpaired) electrons. The summed E-state index contributed by atoms with van der Waals surface area (Å²) >= 11 is 5.92. The maximum absolute atomic E-state index is 12.8. The minimum Gasteiger partial charge on any atom is -0.368 e. The van der Waals surface area contributed by atoms with E-state index in [4.69, 9.17) is 22.1 Å². The molecule has 1 saturated heterocycles. The molecule has 0 spiro atoms. The van der Waals surface area contributed by atoms with E-state index in [0.29, 0.717) is 31.1 Å². The Balaban J connectivity index is 1.37. The van der Waals surface area contributed by atoms with Crippen LogP contribution in [-0.2, 0) is 22.6 Å². The monoisotopic (exact) mass is 400 g/mol. The third-order valence-electron chi connectivity index (χ3n) is 5.54. The first kappa shape index (κ1) is 19.2. The van der Waals surface area contributed by atoms with Crippen molar-refractivity contribution in [1.29, 1.82) is 0 Å². The van der Waals surface area contributed by atoms with Gasteiger partial charge in [0.05, 0.1) is 24.4 Å². The second kappa shape index (κ2) is 8.07. The number of piperazine rings is 1. The van der Waals surface area contributed by atoms with Gasteiger partial charge >= 0.3 is 0 Å². The predicted molar refractivity (Wildman–Crippen MR) is 109 cm³/mol. The lowest BCUT2D eigenvalue weighted by atomic mass is 10.0. The van der Waals surface area contributed by atoms with Crippen LogP contribution >= 0.6 is 11.6 Å². The molecule has 0 aliphatic carbocycles. The van der Waals surface area contributed by atoms with Gasteiger partial charge in [0.25, 0.3) is 0 Å². The third kappa shape index (κ3) is 3.85. The second-order valence-corrected chi connectivity index (χ2v) is 7.83. The summed E-state index contributed by atoms with van der Waals surface area (Å²) < 4.78 is 5.73. The first-order valence-corrected chi connectivity index (χ1v) is 10.0. The summed E-state index contributed by atoms with van der Waals surface area (Å²) in [5.74, 6) is 0.00580. The quantitative estimate of drug-likeness (QED) is 0.853. The van der Waals surface area contributed by atoms with Crippen LogP contribution in [0.5, 0.6) is 0 Å². The molecular weight excluding hydrogens is 376 g/mol. The highest BCUT2D eigenvalue weighted by molar-refractivity contribution is 6.30. The van der Waals surface area contributed by atoms with Gasteiger partial charge in [-0.15, -0.1) is 0 Å². The van der Waals surface area contributed by atoms with Crippen LogP contribution in [0, 0.1) is 0 Å². The van der Waals surface area contributed by atoms with Gasteiger partial charge in [-0.3, -0.25) is 9.78 Å². The lowest BCUT2D eigenvalue weighted by Gasteiger charge is -2.38. The lowest BCUT2D eigenvalue weighted by Crippen LogP contribution is -2.53. The second-order valence-electron chi connectivity index (χ2n) is 7.39. The molecule has 7 heteroatoms. The minimum absolute atomic E-state index is 0.00580. The van der Waals surface area contributed by atoms with E-state index in [1.54, 1.807) is 0 Å². The first-order chi connectivity index (χ1) is 13.5. The lowest BCUT2D eigenvalue weighted by molar-refractivity contribution is -0.132. The molecule has 3 heterocycles. The fraction of sp³-hybridized carbons (Fsp3) is 0.429. The van der Waals surface area contributed by atoms with E-state index in [9.17, 15) is 4.79 Å². The number of benzene rings is 1. The van der Waals surface area contributed by atoms with Crippen molar-refractivity contribution in [1.82, 2.24) is 9.88 Å². The number of nitrogens with zero attached hydrogens (tertiary/aromatic N) is 3. The van der Waals surface area contributed by atoms with E-state index in [-0.39, 0.29) is 12.0 Å². The number of amides is 1. The van der Waals surface area contributed by atoms with E-state index in [2.05, 4.69) is 16.8 Å². The Kier molecular flexibility index (Phi) is 5.53. The van der Waals surface area contributed by atoms with Gasteiger partial charge in [-0.2, -0.15) is 0 Å². The Hall–Kier alpha value is -2.15. The molecule has 0 unspecified atom stereocenters. The number of aromatic nitrogens is 1. The zero-order chi connectivity index (χ0) is 19.7. The SMILES string of the molecule is C[C@H]1OCc2nccc(N3CCN(C(=O)[C@H](N)Cc4ccc(Cl)cc4)CC3)c21. The molecule has 2 aliphatic rings. The topological polar surface area (TPSA) is 71.7 Å². The summed E-state index contributed by atoms with van der Waals surface area (Å²) in [5, 5.41) is 0.682. The summed E-state index contributed by atoms with van der Waals surface area (Å²) in [7, 11) is 0. The summed E-state index contributed by atoms with van der Waals surface area (Å²) in [6.45, 7) is 5.53. The molecule has 1 fully saturated rings. The molecule has 1 amide bonds. The third-order valence-corrected chi connectivity index (χ3v) is 5.80. The number of ether oxygens (including phenoxy) is 1. The summed E-state index contributed by atoms with van der Waals surface area (Å²) in [4.78, 5) is 21.4. The van der Waals surface area contributed by atoms with Crippen molar-refractivity contribution in [3.8, 4) is 0 Å². The highest BCUT2D eigenvalue weighted by atomic mass is 35.5. The number of nitrogens with two attached hydrogens (primary N) is 1. The number of carbonyl (C=O) groups excluding carboxylic acids is 1. The molecular formula is C21H25ClN4O2. The number of pyridine rings is 1. The fourth-order valence-corrected chi connectivity index (χ4v) is 4.12. The van der Waals surface area contributed by atoms with E-state index in [1.165, 1.54) is 11.3 Å². The van der Waals surface area contributed by atoms with E-state index < -0.39 is 6.04 Å². The van der Waals surface area contributed by atoms with Crippen LogP contribution in [0.25, 0.3) is 0 Å². The van der Waals surface area contributed by atoms with Crippen molar-refractivity contribution in [3.05, 3.63) is 58.4 Å². The van der Waals surface area contributed by atoms with Crippen LogP contribution in [0.2, 0.25) is 5.02 Å². The van der Waals surface area contributed by atoms with Gasteiger partial charge in [0.15, 0.2) is 0 Å². The number of rotatable bonds is 4. The van der Waals surface area contributed by atoms with Crippen LogP contribution < -0.4 is 10.6 Å². The summed E-state index contributed by atoms with van der Waals surface area (Å²) in [6.07, 6.45) is 2.42. The summed E-state index contributed by atoms with van der Waals surface area (Å²) in [5.41, 5.74) is 10.6. The van der Waals surface area contributed by atoms with Gasteiger partial charge in [-0.1, -0.05) is 23.7 Å². The minimum atomic E-state index is -0.536. The van der Waals surface area contributed by atoms with Gasteiger partial charge in [-0.05, 0) is 37.1 Å². The molecule has 2 aliphatic heterocycles. The molecule has 2 aromatic rings. The van der Waals surface area contributed by atoms with E-state index in [1.807, 2.05) is 41.4 Å². The molecule has 28 heavy (non-hydrogen) atoms. The van der Waals surface area contributed by atoms with E-state index >= 15 is 0 Å². The zero-order valence-electron chi connectivity index (χ0n) is 16.0. The van der Waals surface area contributed by atoms with Crippen LogP contribution in [0.15, 0.2) is 36.5 Å². The molecule has 2 N–H and O–H groups in total. The fourth-order valence-electron chi connectivity index (χ4n) is 3.99. The van der Waals surface area contributed by atoms with Crippen molar-refractivity contribution in [2.24, 2.45) is 5.73 Å². The summed E-state index contributed by atoms with van der Waals surface area (Å²) in [6, 6.07) is 9.00. The van der Waals surface area contributed by atoms with Crippen molar-refractivity contribution in [2.75, 3.05) is 31.1 Å². The molecule has 2 atom stereocenters. The van der Waals surface area contributed by atoms with Crippen LogP contribution in [0.4, 0.5) is 5.69 Å². The zero-order valence-corrected chi connectivity index (χ0v) is 16.7. The normalized spacial score (nSPS) is 20.2. The maximum Gasteiger partial charge on any atom is 0.239 e. The van der Waals surface area contributed by atoms with Crippen molar-refractivity contribution < 1.29 is 9.53 Å². The number of hydrogen-bond donors (Lipinski definition) is 1. The van der Waals surface area contributed by atoms with Gasteiger partial charge in [0, 0.05) is 48.6 Å². The maximum atomic E-state index is 12.8. The first-order valence-electron chi connectivity index (χ1n) is 9.66. The van der Waals surface area contributed by atoms with Gasteiger partial charge in [0.1, 0.15) is 0 Å². The molecule has 1 aromatic carbocycles. The van der Waals surface area contributed by atoms with Gasteiger partial charge < -0.3 is 20.3 Å². The number of anilines is 1. The number of halogens is 1. The number of hydrogen-bond acceptors (Lipinski definition) is 5. The standard InChI is InChI=1S/C21H25ClN4O2/c1-14-20-18(13-28-14)24-7-6-19(20)25-8-10-26(11-9-25)21(27)17(23)12-15-2-4-16(22)5-3-15/h2-7,14,17H,8-13,23H2,1H3/t14-,17-/m1/s1. The van der Waals surface area contributed by atoms with Crippen LogP contribution in [0.3, 0.4) is 0 Å². The molecule has 1 aromatic heterocycles. The van der Waals surface area contributed by atoms with Crippen molar-refractivity contribution >= 4 is 23.2 Å². The predicted octanol–water partition coefficient (Wildman–Crippen LogP) is 2.54. The Morgan fingerprint density at radius 2 is 1.96 bits per heavy atom.